The first kappa shape index (κ1) is 33.2. The van der Waals surface area contributed by atoms with Gasteiger partial charge in [0.05, 0.1) is 25.1 Å². The smallest absolute Gasteiger partial charge is 0.459 e. The van der Waals surface area contributed by atoms with Crippen LogP contribution in [0.3, 0.4) is 0 Å². The molecule has 3 aromatic rings. The number of nitrogens with one attached hydrogen (secondary N) is 1. The molecule has 0 aliphatic carbocycles. The van der Waals surface area contributed by atoms with Gasteiger partial charge < -0.3 is 24.5 Å². The van der Waals surface area contributed by atoms with Crippen LogP contribution in [0.5, 0.6) is 5.75 Å². The van der Waals surface area contributed by atoms with E-state index in [0.29, 0.717) is 0 Å². The van der Waals surface area contributed by atoms with Gasteiger partial charge in [0.25, 0.3) is 0 Å². The molecule has 1 aliphatic heterocycles. The zero-order valence-electron chi connectivity index (χ0n) is 25.2. The first-order chi connectivity index (χ1) is 20.9. The van der Waals surface area contributed by atoms with Crippen LogP contribution in [0.15, 0.2) is 42.9 Å². The fraction of sp³-hybridized carbons (Fsp3) is 0.536. The van der Waals surface area contributed by atoms with Gasteiger partial charge in [-0.2, -0.15) is 10.2 Å². The van der Waals surface area contributed by atoms with Crippen molar-refractivity contribution < 1.29 is 41.8 Å². The second-order valence-electron chi connectivity index (χ2n) is 10.7. The second-order valence-corrected chi connectivity index (χ2v) is 12.4. The molecule has 3 N–H and O–H groups in total. The summed E-state index contributed by atoms with van der Waals surface area (Å²) in [5.74, 6) is -0.989. The largest absolute Gasteiger partial charge is 0.464 e. The maximum Gasteiger partial charge on any atom is 0.459 e. The van der Waals surface area contributed by atoms with E-state index in [9.17, 15) is 14.2 Å². The number of esters is 2. The lowest BCUT2D eigenvalue weighted by molar-refractivity contribution is -0.155. The predicted molar refractivity (Wildman–Crippen MR) is 156 cm³/mol. The number of halogens is 1. The van der Waals surface area contributed by atoms with E-state index >= 15 is 4.39 Å². The number of hydrogen-bond acceptors (Lipinski definition) is 12. The van der Waals surface area contributed by atoms with E-state index in [0.717, 1.165) is 19.8 Å². The van der Waals surface area contributed by atoms with Gasteiger partial charge in [-0.15, -0.1) is 0 Å². The summed E-state index contributed by atoms with van der Waals surface area (Å²) in [5.41, 5.74) is 3.92. The summed E-state index contributed by atoms with van der Waals surface area (Å²) < 4.78 is 60.1. The van der Waals surface area contributed by atoms with E-state index < -0.39 is 56.3 Å². The van der Waals surface area contributed by atoms with Crippen molar-refractivity contribution in [1.29, 1.82) is 0 Å². The first-order valence-corrected chi connectivity index (χ1v) is 15.8. The summed E-state index contributed by atoms with van der Waals surface area (Å²) in [6, 6.07) is 7.06. The molecule has 1 aromatic carbocycles. The molecule has 0 bridgehead atoms. The number of alkyl halides is 1. The standard InChI is InChI=1S/C28H38FN6O8P/c1-6-19(7-2)14-39-27(37)17(3)34-44(38,43-20-11-9-8-10-12-20)40-15-22-24(41-18(4)36)28(5,29)23(42-22)21-13-31-26-25(30)32-16-33-35(21)26/h8-13,16-17,19,22-24H,6-7,14-15H2,1-5H3,(H,34,38)(H2,30,32,33). The van der Waals surface area contributed by atoms with Crippen LogP contribution in [-0.2, 0) is 32.9 Å². The molecular formula is C28H38FN6O8P. The Morgan fingerprint density at radius 3 is 2.59 bits per heavy atom. The molecule has 0 spiro atoms. The molecule has 16 heteroatoms. The molecule has 44 heavy (non-hydrogen) atoms. The number of aromatic nitrogens is 4. The van der Waals surface area contributed by atoms with Crippen molar-refractivity contribution in [3.63, 3.8) is 0 Å². The molecule has 3 heterocycles. The minimum Gasteiger partial charge on any atom is -0.464 e. The summed E-state index contributed by atoms with van der Waals surface area (Å²) in [6.45, 7) is 7.43. The lowest BCUT2D eigenvalue weighted by Gasteiger charge is -2.27. The van der Waals surface area contributed by atoms with Crippen LogP contribution in [0.25, 0.3) is 5.65 Å². The van der Waals surface area contributed by atoms with Gasteiger partial charge in [0.15, 0.2) is 23.2 Å². The average Bonchev–Trinajstić information content (AvgIpc) is 3.51. The number of hydrogen-bond donors (Lipinski definition) is 2. The summed E-state index contributed by atoms with van der Waals surface area (Å²) in [6.07, 6.45) is 0.0559. The fourth-order valence-electron chi connectivity index (χ4n) is 4.80. The highest BCUT2D eigenvalue weighted by atomic mass is 31.2. The molecule has 0 radical (unpaired) electrons. The summed E-state index contributed by atoms with van der Waals surface area (Å²) >= 11 is 0. The molecule has 2 aromatic heterocycles. The van der Waals surface area contributed by atoms with Crippen molar-refractivity contribution >= 4 is 31.2 Å². The van der Waals surface area contributed by atoms with Crippen LogP contribution in [0.1, 0.15) is 59.3 Å². The Bertz CT molecular complexity index is 1490. The topological polar surface area (TPSA) is 178 Å². The second kappa shape index (κ2) is 14.0. The summed E-state index contributed by atoms with van der Waals surface area (Å²) in [5, 5.41) is 6.71. The SMILES string of the molecule is CCC(CC)COC(=O)C(C)NP(=O)(OCC1OC(c2cnc3c(N)ncnn23)C(C)(F)C1OC(C)=O)Oc1ccccc1. The first-order valence-electron chi connectivity index (χ1n) is 14.3. The van der Waals surface area contributed by atoms with E-state index in [2.05, 4.69) is 20.2 Å². The maximum atomic E-state index is 16.5. The van der Waals surface area contributed by atoms with Gasteiger partial charge in [0.1, 0.15) is 30.3 Å². The predicted octanol–water partition coefficient (Wildman–Crippen LogP) is 3.97. The van der Waals surface area contributed by atoms with Crippen molar-refractivity contribution in [2.45, 2.75) is 77.5 Å². The van der Waals surface area contributed by atoms with Crippen molar-refractivity contribution in [1.82, 2.24) is 24.7 Å². The van der Waals surface area contributed by atoms with Crippen molar-refractivity contribution in [2.75, 3.05) is 18.9 Å². The Labute approximate surface area is 254 Å². The van der Waals surface area contributed by atoms with Gasteiger partial charge in [0, 0.05) is 6.92 Å². The van der Waals surface area contributed by atoms with Crippen LogP contribution in [0.4, 0.5) is 10.2 Å². The number of fused-ring (bicyclic) bond motifs is 1. The Hall–Kier alpha value is -3.65. The molecule has 0 saturated carbocycles. The molecule has 4 rings (SSSR count). The number of rotatable bonds is 14. The number of carbonyl (C=O) groups is 2. The Morgan fingerprint density at radius 1 is 1.23 bits per heavy atom. The van der Waals surface area contributed by atoms with E-state index in [1.165, 1.54) is 30.9 Å². The minimum absolute atomic E-state index is 0.0684. The minimum atomic E-state index is -4.34. The highest BCUT2D eigenvalue weighted by Crippen LogP contribution is 2.49. The Kier molecular flexibility index (Phi) is 10.6. The fourth-order valence-corrected chi connectivity index (χ4v) is 6.30. The zero-order chi connectivity index (χ0) is 32.1. The number of para-hydroxylation sites is 1. The van der Waals surface area contributed by atoms with E-state index in [-0.39, 0.29) is 35.4 Å². The third-order valence-electron chi connectivity index (χ3n) is 7.34. The molecular weight excluding hydrogens is 598 g/mol. The Balaban J connectivity index is 1.57. The number of nitrogen functional groups attached to an aromatic ring is 1. The monoisotopic (exact) mass is 636 g/mol. The quantitative estimate of drug-likeness (QED) is 0.192. The van der Waals surface area contributed by atoms with Crippen molar-refractivity contribution in [3.8, 4) is 5.75 Å². The van der Waals surface area contributed by atoms with Gasteiger partial charge in [-0.05, 0) is 31.9 Å². The highest BCUT2D eigenvalue weighted by molar-refractivity contribution is 7.52. The molecule has 6 atom stereocenters. The number of nitrogens with two attached hydrogens (primary N) is 1. The van der Waals surface area contributed by atoms with Crippen LogP contribution >= 0.6 is 7.75 Å². The molecule has 240 valence electrons. The number of anilines is 1. The van der Waals surface area contributed by atoms with Crippen LogP contribution in [0, 0.1) is 5.92 Å². The van der Waals surface area contributed by atoms with Crippen molar-refractivity contribution in [3.05, 3.63) is 48.5 Å². The third kappa shape index (κ3) is 7.52. The van der Waals surface area contributed by atoms with Crippen LogP contribution in [0.2, 0.25) is 0 Å². The molecule has 1 aliphatic rings. The van der Waals surface area contributed by atoms with Gasteiger partial charge in [0.2, 0.25) is 0 Å². The number of imidazole rings is 1. The van der Waals surface area contributed by atoms with E-state index in [1.54, 1.807) is 30.3 Å². The van der Waals surface area contributed by atoms with Gasteiger partial charge in [-0.25, -0.2) is 23.4 Å². The van der Waals surface area contributed by atoms with Crippen LogP contribution < -0.4 is 15.3 Å². The molecule has 1 saturated heterocycles. The van der Waals surface area contributed by atoms with E-state index in [1.807, 2.05) is 13.8 Å². The maximum absolute atomic E-state index is 16.5. The normalized spacial score (nSPS) is 23.8. The number of benzene rings is 1. The zero-order valence-corrected chi connectivity index (χ0v) is 26.1. The lowest BCUT2D eigenvalue weighted by Crippen LogP contribution is -2.43. The van der Waals surface area contributed by atoms with Crippen molar-refractivity contribution in [2.24, 2.45) is 5.92 Å². The van der Waals surface area contributed by atoms with Gasteiger partial charge >= 0.3 is 19.7 Å². The number of ether oxygens (including phenoxy) is 3. The Morgan fingerprint density at radius 2 is 1.93 bits per heavy atom. The van der Waals surface area contributed by atoms with Gasteiger partial charge in [-0.3, -0.25) is 14.1 Å². The van der Waals surface area contributed by atoms with Gasteiger partial charge in [-0.1, -0.05) is 44.9 Å². The molecule has 14 nitrogen and oxygen atoms in total. The number of carbonyl (C=O) groups excluding carboxylic acids is 2. The number of nitrogens with zero attached hydrogens (tertiary/aromatic N) is 4. The lowest BCUT2D eigenvalue weighted by atomic mass is 9.93. The highest BCUT2D eigenvalue weighted by Gasteiger charge is 2.59. The molecule has 0 amide bonds. The summed E-state index contributed by atoms with van der Waals surface area (Å²) in [7, 11) is -4.34. The van der Waals surface area contributed by atoms with E-state index in [4.69, 9.17) is 29.0 Å². The third-order valence-corrected chi connectivity index (χ3v) is 8.98. The van der Waals surface area contributed by atoms with Crippen LogP contribution in [-0.4, -0.2) is 68.7 Å². The molecule has 1 fully saturated rings. The summed E-state index contributed by atoms with van der Waals surface area (Å²) in [4.78, 5) is 32.8. The average molecular weight is 637 g/mol. The molecule has 6 unspecified atom stereocenters.